The lowest BCUT2D eigenvalue weighted by molar-refractivity contribution is 0.372. The Kier molecular flexibility index (Phi) is 3.61. The molecule has 0 aliphatic rings. The minimum absolute atomic E-state index is 0.0152. The van der Waals surface area contributed by atoms with Gasteiger partial charge in [0.05, 0.1) is 10.3 Å². The highest BCUT2D eigenvalue weighted by Crippen LogP contribution is 2.25. The third kappa shape index (κ3) is 3.12. The first-order chi connectivity index (χ1) is 7.97. The maximum Gasteiger partial charge on any atom is 0.250 e. The molecule has 17 heavy (non-hydrogen) atoms. The normalized spacial score (nSPS) is 11.9. The maximum absolute atomic E-state index is 11.8. The van der Waals surface area contributed by atoms with Crippen molar-refractivity contribution in [1.82, 2.24) is 14.9 Å². The van der Waals surface area contributed by atoms with Gasteiger partial charge in [-0.3, -0.25) is 0 Å². The van der Waals surface area contributed by atoms with E-state index in [-0.39, 0.29) is 16.6 Å². The Labute approximate surface area is 110 Å². The summed E-state index contributed by atoms with van der Waals surface area (Å²) in [6.07, 6.45) is 0. The van der Waals surface area contributed by atoms with Gasteiger partial charge in [0.2, 0.25) is 5.89 Å². The van der Waals surface area contributed by atoms with Gasteiger partial charge in [-0.25, -0.2) is 13.1 Å². The zero-order chi connectivity index (χ0) is 12.5. The number of hydrogen-bond donors (Lipinski definition) is 1. The highest BCUT2D eigenvalue weighted by Gasteiger charge is 2.17. The molecule has 2 aromatic rings. The van der Waals surface area contributed by atoms with Crippen LogP contribution in [-0.4, -0.2) is 18.6 Å². The number of hydrogen-bond acceptors (Lipinski definition) is 6. The second-order valence-corrected chi connectivity index (χ2v) is 7.58. The van der Waals surface area contributed by atoms with Crippen LogP contribution in [0.2, 0.25) is 0 Å². The lowest BCUT2D eigenvalue weighted by Crippen LogP contribution is -2.22. The van der Waals surface area contributed by atoms with E-state index in [1.807, 2.05) is 0 Å². The molecule has 0 aliphatic carbocycles. The first kappa shape index (κ1) is 12.7. The Bertz CT molecular complexity index is 620. The van der Waals surface area contributed by atoms with E-state index in [9.17, 15) is 8.42 Å². The molecule has 2 rings (SSSR count). The van der Waals surface area contributed by atoms with Crippen molar-refractivity contribution in [2.24, 2.45) is 0 Å². The fourth-order valence-corrected chi connectivity index (χ4v) is 4.11. The topological polar surface area (TPSA) is 85.1 Å². The molecule has 92 valence electrons. The second-order valence-electron chi connectivity index (χ2n) is 3.12. The Balaban J connectivity index is 2.08. The molecule has 6 nitrogen and oxygen atoms in total. The van der Waals surface area contributed by atoms with Crippen molar-refractivity contribution < 1.29 is 12.9 Å². The third-order valence-electron chi connectivity index (χ3n) is 1.80. The number of halogens is 1. The van der Waals surface area contributed by atoms with Crippen molar-refractivity contribution in [1.29, 1.82) is 0 Å². The quantitative estimate of drug-likeness (QED) is 0.917. The maximum atomic E-state index is 11.8. The van der Waals surface area contributed by atoms with Crippen molar-refractivity contribution in [3.05, 3.63) is 27.6 Å². The molecule has 0 radical (unpaired) electrons. The largest absolute Gasteiger partial charge is 0.338 e. The van der Waals surface area contributed by atoms with E-state index in [1.165, 1.54) is 6.07 Å². The van der Waals surface area contributed by atoms with Gasteiger partial charge in [-0.05, 0) is 35.0 Å². The van der Waals surface area contributed by atoms with Crippen LogP contribution in [0, 0.1) is 6.92 Å². The van der Waals surface area contributed by atoms with Gasteiger partial charge in [0.15, 0.2) is 5.82 Å². The molecular weight excluding hydrogens is 330 g/mol. The molecule has 0 aliphatic heterocycles. The summed E-state index contributed by atoms with van der Waals surface area (Å²) in [7, 11) is -3.52. The number of aromatic nitrogens is 2. The fraction of sp³-hybridized carbons (Fsp3) is 0.250. The van der Waals surface area contributed by atoms with E-state index < -0.39 is 10.0 Å². The highest BCUT2D eigenvalue weighted by molar-refractivity contribution is 9.11. The van der Waals surface area contributed by atoms with Crippen molar-refractivity contribution in [3.63, 3.8) is 0 Å². The molecule has 2 heterocycles. The van der Waals surface area contributed by atoms with E-state index in [0.717, 1.165) is 15.1 Å². The summed E-state index contributed by atoms with van der Waals surface area (Å²) in [6, 6.07) is 3.20. The van der Waals surface area contributed by atoms with Crippen LogP contribution in [0.4, 0.5) is 0 Å². The summed E-state index contributed by atoms with van der Waals surface area (Å²) in [5.74, 6) is 0.708. The van der Waals surface area contributed by atoms with Gasteiger partial charge in [0.1, 0.15) is 4.21 Å². The lowest BCUT2D eigenvalue weighted by Gasteiger charge is -2.00. The predicted octanol–water partition coefficient (Wildman–Crippen LogP) is 1.68. The van der Waals surface area contributed by atoms with Crippen LogP contribution in [-0.2, 0) is 16.6 Å². The van der Waals surface area contributed by atoms with Gasteiger partial charge >= 0.3 is 0 Å². The Morgan fingerprint density at radius 3 is 2.82 bits per heavy atom. The van der Waals surface area contributed by atoms with E-state index in [1.54, 1.807) is 13.0 Å². The molecule has 0 unspecified atom stereocenters. The van der Waals surface area contributed by atoms with Gasteiger partial charge in [-0.15, -0.1) is 11.3 Å². The summed E-state index contributed by atoms with van der Waals surface area (Å²) < 4.78 is 31.8. The van der Waals surface area contributed by atoms with Crippen LogP contribution in [0.1, 0.15) is 11.7 Å². The average Bonchev–Trinajstić information content (AvgIpc) is 2.85. The zero-order valence-corrected chi connectivity index (χ0v) is 11.9. The average molecular weight is 338 g/mol. The van der Waals surface area contributed by atoms with Crippen LogP contribution in [0.3, 0.4) is 0 Å². The van der Waals surface area contributed by atoms with Gasteiger partial charge in [0.25, 0.3) is 10.0 Å². The number of nitrogens with one attached hydrogen (secondary N) is 1. The van der Waals surface area contributed by atoms with Crippen molar-refractivity contribution in [3.8, 4) is 0 Å². The summed E-state index contributed by atoms with van der Waals surface area (Å²) in [6.45, 7) is 1.65. The van der Waals surface area contributed by atoms with Crippen LogP contribution < -0.4 is 4.72 Å². The number of thiophene rings is 1. The summed E-state index contributed by atoms with van der Waals surface area (Å²) in [5.41, 5.74) is 0. The molecule has 0 amide bonds. The lowest BCUT2D eigenvalue weighted by atomic mass is 10.6. The highest BCUT2D eigenvalue weighted by atomic mass is 79.9. The van der Waals surface area contributed by atoms with Gasteiger partial charge in [-0.2, -0.15) is 4.98 Å². The van der Waals surface area contributed by atoms with Gasteiger partial charge in [0, 0.05) is 0 Å². The Hall–Kier alpha value is -0.770. The number of nitrogens with zero attached hydrogens (tertiary/aromatic N) is 2. The van der Waals surface area contributed by atoms with Crippen molar-refractivity contribution in [2.75, 3.05) is 0 Å². The molecule has 0 spiro atoms. The van der Waals surface area contributed by atoms with E-state index >= 15 is 0 Å². The summed E-state index contributed by atoms with van der Waals surface area (Å²) >= 11 is 4.34. The predicted molar refractivity (Wildman–Crippen MR) is 65.1 cm³/mol. The van der Waals surface area contributed by atoms with Crippen LogP contribution in [0.5, 0.6) is 0 Å². The molecule has 0 saturated carbocycles. The Morgan fingerprint density at radius 2 is 2.29 bits per heavy atom. The number of sulfonamides is 1. The van der Waals surface area contributed by atoms with E-state index in [4.69, 9.17) is 4.52 Å². The van der Waals surface area contributed by atoms with Gasteiger partial charge < -0.3 is 4.52 Å². The van der Waals surface area contributed by atoms with Crippen LogP contribution >= 0.6 is 27.3 Å². The van der Waals surface area contributed by atoms with E-state index in [2.05, 4.69) is 30.8 Å². The molecule has 0 fully saturated rings. The zero-order valence-electron chi connectivity index (χ0n) is 8.68. The van der Waals surface area contributed by atoms with Crippen molar-refractivity contribution >= 4 is 37.3 Å². The second kappa shape index (κ2) is 4.84. The first-order valence-corrected chi connectivity index (χ1v) is 7.61. The molecule has 1 N–H and O–H groups in total. The Morgan fingerprint density at radius 1 is 1.53 bits per heavy atom. The fourth-order valence-electron chi connectivity index (χ4n) is 1.08. The number of aryl methyl sites for hydroxylation is 1. The van der Waals surface area contributed by atoms with Gasteiger partial charge in [-0.1, -0.05) is 5.16 Å². The molecule has 0 saturated heterocycles. The standard InChI is InChI=1S/C8H8BrN3O3S2/c1-5-11-7(15-12-5)4-10-17(13,14)8-3-2-6(9)16-8/h2-3,10H,4H2,1H3. The molecule has 0 atom stereocenters. The summed E-state index contributed by atoms with van der Waals surface area (Å²) in [5, 5.41) is 3.57. The van der Waals surface area contributed by atoms with Crippen LogP contribution in [0.15, 0.2) is 24.7 Å². The third-order valence-corrected chi connectivity index (χ3v) is 5.31. The van der Waals surface area contributed by atoms with E-state index in [0.29, 0.717) is 5.82 Å². The number of rotatable bonds is 4. The monoisotopic (exact) mass is 337 g/mol. The molecule has 0 aromatic carbocycles. The molecule has 0 bridgehead atoms. The summed E-state index contributed by atoms with van der Waals surface area (Å²) in [4.78, 5) is 3.90. The first-order valence-electron chi connectivity index (χ1n) is 4.51. The minimum atomic E-state index is -3.52. The van der Waals surface area contributed by atoms with Crippen LogP contribution in [0.25, 0.3) is 0 Å². The molecule has 2 aromatic heterocycles. The smallest absolute Gasteiger partial charge is 0.250 e. The SMILES string of the molecule is Cc1noc(CNS(=O)(=O)c2ccc(Br)s2)n1. The van der Waals surface area contributed by atoms with Crippen molar-refractivity contribution in [2.45, 2.75) is 17.7 Å². The molecule has 9 heteroatoms. The minimum Gasteiger partial charge on any atom is -0.338 e. The molecular formula is C8H8BrN3O3S2.